The lowest BCUT2D eigenvalue weighted by molar-refractivity contribution is 0.129. The zero-order chi connectivity index (χ0) is 13.0. The molecule has 0 aromatic carbocycles. The van der Waals surface area contributed by atoms with Gasteiger partial charge in [-0.2, -0.15) is 5.10 Å². The second-order valence-corrected chi connectivity index (χ2v) is 5.41. The number of piperidine rings is 1. The van der Waals surface area contributed by atoms with Crippen LogP contribution in [0.5, 0.6) is 0 Å². The summed E-state index contributed by atoms with van der Waals surface area (Å²) >= 11 is 0. The predicted octanol–water partition coefficient (Wildman–Crippen LogP) is 1.69. The molecule has 1 N–H and O–H groups in total. The number of nitrogens with one attached hydrogen (secondary N) is 1. The van der Waals surface area contributed by atoms with E-state index in [0.717, 1.165) is 24.8 Å². The highest BCUT2D eigenvalue weighted by Gasteiger charge is 2.22. The number of likely N-dealkylation sites (tertiary alicyclic amines) is 1. The van der Waals surface area contributed by atoms with Crippen molar-refractivity contribution in [2.75, 3.05) is 20.1 Å². The summed E-state index contributed by atoms with van der Waals surface area (Å²) < 4.78 is 2.03. The van der Waals surface area contributed by atoms with Crippen LogP contribution in [0.4, 0.5) is 0 Å². The van der Waals surface area contributed by atoms with E-state index in [1.165, 1.54) is 37.9 Å². The Hall–Kier alpha value is -0.870. The highest BCUT2D eigenvalue weighted by molar-refractivity contribution is 5.08. The maximum Gasteiger partial charge on any atom is 0.0597 e. The summed E-state index contributed by atoms with van der Waals surface area (Å²) in [6.07, 6.45) is 5.33. The molecule has 0 radical (unpaired) electrons. The summed E-state index contributed by atoms with van der Waals surface area (Å²) in [7, 11) is 4.09. The summed E-state index contributed by atoms with van der Waals surface area (Å²) in [5.74, 6) is 0. The second kappa shape index (κ2) is 6.34. The van der Waals surface area contributed by atoms with Gasteiger partial charge in [0, 0.05) is 19.6 Å². The molecule has 1 atom stereocenters. The molecular weight excluding hydrogens is 224 g/mol. The molecule has 1 aromatic rings. The van der Waals surface area contributed by atoms with Crippen molar-refractivity contribution in [3.63, 3.8) is 0 Å². The Morgan fingerprint density at radius 2 is 2.28 bits per heavy atom. The number of rotatable bonds is 5. The minimum absolute atomic E-state index is 0.737. The molecule has 1 aromatic heterocycles. The molecule has 1 fully saturated rings. The maximum atomic E-state index is 4.44. The van der Waals surface area contributed by atoms with Gasteiger partial charge in [0.05, 0.1) is 11.4 Å². The van der Waals surface area contributed by atoms with Crippen molar-refractivity contribution < 1.29 is 0 Å². The van der Waals surface area contributed by atoms with Gasteiger partial charge in [0.1, 0.15) is 0 Å². The lowest BCUT2D eigenvalue weighted by Gasteiger charge is -2.35. The van der Waals surface area contributed by atoms with Gasteiger partial charge in [0.25, 0.3) is 0 Å². The summed E-state index contributed by atoms with van der Waals surface area (Å²) in [4.78, 5) is 2.64. The fourth-order valence-electron chi connectivity index (χ4n) is 2.93. The zero-order valence-electron chi connectivity index (χ0n) is 11.9. The summed E-state index contributed by atoms with van der Waals surface area (Å²) in [6.45, 7) is 5.47. The predicted molar refractivity (Wildman–Crippen MR) is 74.5 cm³/mol. The molecule has 0 saturated carbocycles. The molecule has 1 saturated heterocycles. The van der Waals surface area contributed by atoms with E-state index < -0.39 is 0 Å². The molecule has 0 aliphatic carbocycles. The number of hydrogen-bond donors (Lipinski definition) is 1. The zero-order valence-corrected chi connectivity index (χ0v) is 11.9. The molecule has 2 rings (SSSR count). The van der Waals surface area contributed by atoms with Crippen LogP contribution < -0.4 is 5.32 Å². The average Bonchev–Trinajstić information content (AvgIpc) is 2.67. The summed E-state index contributed by atoms with van der Waals surface area (Å²) in [6, 6.07) is 2.95. The molecule has 1 aliphatic rings. The largest absolute Gasteiger partial charge is 0.320 e. The van der Waals surface area contributed by atoms with Crippen molar-refractivity contribution in [1.29, 1.82) is 0 Å². The van der Waals surface area contributed by atoms with E-state index in [9.17, 15) is 0 Å². The first-order valence-corrected chi connectivity index (χ1v) is 7.09. The smallest absolute Gasteiger partial charge is 0.0597 e. The summed E-state index contributed by atoms with van der Waals surface area (Å²) in [5, 5.41) is 7.71. The van der Waals surface area contributed by atoms with E-state index in [1.54, 1.807) is 0 Å². The van der Waals surface area contributed by atoms with Gasteiger partial charge in [-0.1, -0.05) is 6.42 Å². The second-order valence-electron chi connectivity index (χ2n) is 5.41. The van der Waals surface area contributed by atoms with E-state index >= 15 is 0 Å². The minimum atomic E-state index is 0.737. The van der Waals surface area contributed by atoms with Gasteiger partial charge in [0.15, 0.2) is 0 Å². The lowest BCUT2D eigenvalue weighted by atomic mass is 9.99. The first-order chi connectivity index (χ1) is 8.70. The Bertz CT molecular complexity index is 372. The Labute approximate surface area is 110 Å². The number of nitrogens with zero attached hydrogens (tertiary/aromatic N) is 3. The number of aromatic nitrogens is 2. The molecule has 4 heteroatoms. The first-order valence-electron chi connectivity index (χ1n) is 7.09. The molecule has 102 valence electrons. The fraction of sp³-hybridized carbons (Fsp3) is 0.786. The van der Waals surface area contributed by atoms with Crippen LogP contribution in [0.2, 0.25) is 0 Å². The van der Waals surface area contributed by atoms with Crippen LogP contribution in [-0.4, -0.2) is 40.9 Å². The average molecular weight is 250 g/mol. The Morgan fingerprint density at radius 1 is 1.44 bits per heavy atom. The molecule has 0 spiro atoms. The van der Waals surface area contributed by atoms with Crippen LogP contribution in [0.1, 0.15) is 37.1 Å². The van der Waals surface area contributed by atoms with Crippen LogP contribution >= 0.6 is 0 Å². The van der Waals surface area contributed by atoms with Gasteiger partial charge in [0.2, 0.25) is 0 Å². The highest BCUT2D eigenvalue weighted by atomic mass is 15.3. The molecule has 0 bridgehead atoms. The first kappa shape index (κ1) is 13.6. The molecule has 1 unspecified atom stereocenters. The topological polar surface area (TPSA) is 33.1 Å². The van der Waals surface area contributed by atoms with E-state index in [0.29, 0.717) is 0 Å². The minimum Gasteiger partial charge on any atom is -0.320 e. The van der Waals surface area contributed by atoms with E-state index in [-0.39, 0.29) is 0 Å². The van der Waals surface area contributed by atoms with Crippen molar-refractivity contribution in [2.45, 2.75) is 45.2 Å². The van der Waals surface area contributed by atoms with Gasteiger partial charge >= 0.3 is 0 Å². The van der Waals surface area contributed by atoms with Crippen molar-refractivity contribution in [2.24, 2.45) is 7.05 Å². The maximum absolute atomic E-state index is 4.44. The number of aryl methyl sites for hydroxylation is 2. The Balaban J connectivity index is 1.98. The van der Waals surface area contributed by atoms with Crippen molar-refractivity contribution >= 4 is 0 Å². The van der Waals surface area contributed by atoms with Crippen LogP contribution in [0.25, 0.3) is 0 Å². The summed E-state index contributed by atoms with van der Waals surface area (Å²) in [5.41, 5.74) is 2.46. The van der Waals surface area contributed by atoms with Crippen LogP contribution in [0, 0.1) is 6.92 Å². The third kappa shape index (κ3) is 3.33. The van der Waals surface area contributed by atoms with Crippen molar-refractivity contribution in [1.82, 2.24) is 20.0 Å². The van der Waals surface area contributed by atoms with E-state index in [1.807, 2.05) is 11.7 Å². The standard InChI is InChI=1S/C14H26N4/c1-12-10-14(17(3)16-12)11-18-9-5-4-6-13(18)7-8-15-2/h10,13,15H,4-9,11H2,1-3H3. The fourth-order valence-corrected chi connectivity index (χ4v) is 2.93. The third-order valence-corrected chi connectivity index (χ3v) is 3.94. The monoisotopic (exact) mass is 250 g/mol. The third-order valence-electron chi connectivity index (χ3n) is 3.94. The Kier molecular flexibility index (Phi) is 4.78. The molecular formula is C14H26N4. The molecule has 1 aliphatic heterocycles. The van der Waals surface area contributed by atoms with Crippen LogP contribution in [0.15, 0.2) is 6.07 Å². The molecule has 18 heavy (non-hydrogen) atoms. The molecule has 4 nitrogen and oxygen atoms in total. The van der Waals surface area contributed by atoms with Gasteiger partial charge in [-0.15, -0.1) is 0 Å². The van der Waals surface area contributed by atoms with Gasteiger partial charge in [-0.05, 0) is 52.4 Å². The van der Waals surface area contributed by atoms with Crippen LogP contribution in [-0.2, 0) is 13.6 Å². The molecule has 0 amide bonds. The van der Waals surface area contributed by atoms with Crippen LogP contribution in [0.3, 0.4) is 0 Å². The Morgan fingerprint density at radius 3 is 2.94 bits per heavy atom. The van der Waals surface area contributed by atoms with Crippen molar-refractivity contribution in [3.05, 3.63) is 17.5 Å². The normalized spacial score (nSPS) is 21.4. The van der Waals surface area contributed by atoms with Gasteiger partial charge < -0.3 is 5.32 Å². The SMILES string of the molecule is CNCCC1CCCCN1Cc1cc(C)nn1C. The quantitative estimate of drug-likeness (QED) is 0.863. The van der Waals surface area contributed by atoms with E-state index in [4.69, 9.17) is 0 Å². The number of hydrogen-bond acceptors (Lipinski definition) is 3. The van der Waals surface area contributed by atoms with Gasteiger partial charge in [-0.25, -0.2) is 0 Å². The van der Waals surface area contributed by atoms with Gasteiger partial charge in [-0.3, -0.25) is 9.58 Å². The van der Waals surface area contributed by atoms with Crippen molar-refractivity contribution in [3.8, 4) is 0 Å². The lowest BCUT2D eigenvalue weighted by Crippen LogP contribution is -2.40. The van der Waals surface area contributed by atoms with E-state index in [2.05, 4.69) is 35.4 Å². The molecule has 2 heterocycles. The highest BCUT2D eigenvalue weighted by Crippen LogP contribution is 2.21.